The Morgan fingerprint density at radius 3 is 2.61 bits per heavy atom. The molecule has 1 aliphatic rings. The van der Waals surface area contributed by atoms with Crippen LogP contribution in [0.25, 0.3) is 0 Å². The molecular formula is C19H26N4. The lowest BCUT2D eigenvalue weighted by Crippen LogP contribution is -2.30. The molecular weight excluding hydrogens is 284 g/mol. The monoisotopic (exact) mass is 310 g/mol. The summed E-state index contributed by atoms with van der Waals surface area (Å²) in [4.78, 5) is 11.5. The number of nitrogens with one attached hydrogen (secondary N) is 1. The van der Waals surface area contributed by atoms with E-state index in [1.54, 1.807) is 0 Å². The van der Waals surface area contributed by atoms with Gasteiger partial charge in [0.15, 0.2) is 0 Å². The second-order valence-corrected chi connectivity index (χ2v) is 6.22. The molecule has 0 unspecified atom stereocenters. The van der Waals surface area contributed by atoms with Crippen molar-refractivity contribution in [3.63, 3.8) is 0 Å². The molecule has 0 saturated carbocycles. The summed E-state index contributed by atoms with van der Waals surface area (Å²) >= 11 is 0. The van der Waals surface area contributed by atoms with Gasteiger partial charge in [-0.15, -0.1) is 0 Å². The highest BCUT2D eigenvalue weighted by Crippen LogP contribution is 2.20. The lowest BCUT2D eigenvalue weighted by Gasteiger charge is -2.28. The van der Waals surface area contributed by atoms with Gasteiger partial charge in [0.2, 0.25) is 0 Å². The molecule has 1 aliphatic heterocycles. The quantitative estimate of drug-likeness (QED) is 0.824. The molecule has 0 bridgehead atoms. The minimum atomic E-state index is 0.846. The van der Waals surface area contributed by atoms with Crippen molar-refractivity contribution in [3.8, 4) is 0 Å². The summed E-state index contributed by atoms with van der Waals surface area (Å²) in [5.74, 6) is 2.87. The van der Waals surface area contributed by atoms with Crippen LogP contribution in [0.1, 0.15) is 37.1 Å². The molecule has 4 heteroatoms. The van der Waals surface area contributed by atoms with Crippen LogP contribution in [0.3, 0.4) is 0 Å². The van der Waals surface area contributed by atoms with Crippen LogP contribution in [0, 0.1) is 6.92 Å². The Labute approximate surface area is 139 Å². The second-order valence-electron chi connectivity index (χ2n) is 6.22. The molecule has 0 atom stereocenters. The van der Waals surface area contributed by atoms with Crippen molar-refractivity contribution in [2.45, 2.75) is 39.0 Å². The topological polar surface area (TPSA) is 41.1 Å². The molecule has 1 N–H and O–H groups in total. The van der Waals surface area contributed by atoms with Crippen LogP contribution in [0.4, 0.5) is 11.6 Å². The number of hydrogen-bond donors (Lipinski definition) is 1. The van der Waals surface area contributed by atoms with Gasteiger partial charge >= 0.3 is 0 Å². The van der Waals surface area contributed by atoms with E-state index in [-0.39, 0.29) is 0 Å². The molecule has 2 heterocycles. The van der Waals surface area contributed by atoms with E-state index in [1.807, 2.05) is 6.92 Å². The van der Waals surface area contributed by atoms with E-state index in [0.717, 1.165) is 49.9 Å². The predicted octanol–water partition coefficient (Wildman–Crippen LogP) is 3.82. The van der Waals surface area contributed by atoms with Crippen LogP contribution in [-0.4, -0.2) is 29.6 Å². The SMILES string of the molecule is Cc1nc(NCCCc2ccccc2)cc(N2CCCCC2)n1. The van der Waals surface area contributed by atoms with Gasteiger partial charge in [0, 0.05) is 25.7 Å². The number of aryl methyl sites for hydroxylation is 2. The highest BCUT2D eigenvalue weighted by Gasteiger charge is 2.13. The smallest absolute Gasteiger partial charge is 0.134 e. The molecule has 0 aliphatic carbocycles. The van der Waals surface area contributed by atoms with Crippen molar-refractivity contribution in [3.05, 3.63) is 47.8 Å². The van der Waals surface area contributed by atoms with Gasteiger partial charge in [0.1, 0.15) is 17.5 Å². The fourth-order valence-corrected chi connectivity index (χ4v) is 3.08. The third kappa shape index (κ3) is 4.68. The average Bonchev–Trinajstić information content (AvgIpc) is 2.60. The predicted molar refractivity (Wildman–Crippen MR) is 96.1 cm³/mol. The molecule has 3 rings (SSSR count). The first kappa shape index (κ1) is 15.8. The zero-order valence-corrected chi connectivity index (χ0v) is 14.0. The summed E-state index contributed by atoms with van der Waals surface area (Å²) in [6.45, 7) is 5.14. The van der Waals surface area contributed by atoms with E-state index in [1.165, 1.54) is 24.8 Å². The van der Waals surface area contributed by atoms with E-state index < -0.39 is 0 Å². The average molecular weight is 310 g/mol. The Bertz CT molecular complexity index is 606. The fourth-order valence-electron chi connectivity index (χ4n) is 3.08. The van der Waals surface area contributed by atoms with Gasteiger partial charge in [-0.2, -0.15) is 0 Å². The van der Waals surface area contributed by atoms with Gasteiger partial charge in [0.25, 0.3) is 0 Å². The third-order valence-electron chi connectivity index (χ3n) is 4.30. The summed E-state index contributed by atoms with van der Waals surface area (Å²) in [7, 11) is 0. The molecule has 2 aromatic rings. The maximum atomic E-state index is 4.61. The van der Waals surface area contributed by atoms with Gasteiger partial charge in [0.05, 0.1) is 0 Å². The fraction of sp³-hybridized carbons (Fsp3) is 0.474. The van der Waals surface area contributed by atoms with E-state index in [0.29, 0.717) is 0 Å². The maximum Gasteiger partial charge on any atom is 0.134 e. The summed E-state index contributed by atoms with van der Waals surface area (Å²) in [6.07, 6.45) is 6.07. The Balaban J connectivity index is 1.54. The minimum Gasteiger partial charge on any atom is -0.370 e. The first-order valence-corrected chi connectivity index (χ1v) is 8.70. The molecule has 1 fully saturated rings. The van der Waals surface area contributed by atoms with Gasteiger partial charge in [-0.25, -0.2) is 9.97 Å². The number of aromatic nitrogens is 2. The third-order valence-corrected chi connectivity index (χ3v) is 4.30. The van der Waals surface area contributed by atoms with Crippen LogP contribution in [-0.2, 0) is 6.42 Å². The Kier molecular flexibility index (Phi) is 5.46. The number of rotatable bonds is 6. The Morgan fingerprint density at radius 1 is 1.04 bits per heavy atom. The lowest BCUT2D eigenvalue weighted by atomic mass is 10.1. The summed E-state index contributed by atoms with van der Waals surface area (Å²) in [6, 6.07) is 12.7. The second kappa shape index (κ2) is 7.95. The van der Waals surface area contributed by atoms with Crippen LogP contribution in [0.15, 0.2) is 36.4 Å². The van der Waals surface area contributed by atoms with Gasteiger partial charge in [-0.1, -0.05) is 30.3 Å². The molecule has 0 radical (unpaired) electrons. The standard InChI is InChI=1S/C19H26N4/c1-16-21-18(15-19(22-16)23-13-6-3-7-14-23)20-12-8-11-17-9-4-2-5-10-17/h2,4-5,9-10,15H,3,6-8,11-14H2,1H3,(H,20,21,22). The number of nitrogens with zero attached hydrogens (tertiary/aromatic N) is 3. The van der Waals surface area contributed by atoms with Crippen molar-refractivity contribution >= 4 is 11.6 Å². The first-order chi connectivity index (χ1) is 11.3. The highest BCUT2D eigenvalue weighted by atomic mass is 15.2. The molecule has 4 nitrogen and oxygen atoms in total. The van der Waals surface area contributed by atoms with Crippen LogP contribution >= 0.6 is 0 Å². The summed E-state index contributed by atoms with van der Waals surface area (Å²) in [5, 5.41) is 3.46. The van der Waals surface area contributed by atoms with Crippen molar-refractivity contribution < 1.29 is 0 Å². The van der Waals surface area contributed by atoms with Gasteiger partial charge in [-0.3, -0.25) is 0 Å². The number of hydrogen-bond acceptors (Lipinski definition) is 4. The molecule has 0 spiro atoms. The van der Waals surface area contributed by atoms with Crippen LogP contribution in [0.2, 0.25) is 0 Å². The zero-order chi connectivity index (χ0) is 15.9. The molecule has 122 valence electrons. The van der Waals surface area contributed by atoms with Gasteiger partial charge in [-0.05, 0) is 44.6 Å². The number of anilines is 2. The molecule has 23 heavy (non-hydrogen) atoms. The zero-order valence-electron chi connectivity index (χ0n) is 14.0. The lowest BCUT2D eigenvalue weighted by molar-refractivity contribution is 0.572. The molecule has 0 amide bonds. The summed E-state index contributed by atoms with van der Waals surface area (Å²) < 4.78 is 0. The number of benzene rings is 1. The van der Waals surface area contributed by atoms with E-state index in [2.05, 4.69) is 56.6 Å². The van der Waals surface area contributed by atoms with Gasteiger partial charge < -0.3 is 10.2 Å². The largest absolute Gasteiger partial charge is 0.370 e. The van der Waals surface area contributed by atoms with E-state index in [4.69, 9.17) is 0 Å². The molecule has 1 aromatic heterocycles. The Hall–Kier alpha value is -2.10. The van der Waals surface area contributed by atoms with Crippen LogP contribution in [0.5, 0.6) is 0 Å². The van der Waals surface area contributed by atoms with E-state index >= 15 is 0 Å². The normalized spacial score (nSPS) is 14.7. The Morgan fingerprint density at radius 2 is 1.83 bits per heavy atom. The first-order valence-electron chi connectivity index (χ1n) is 8.70. The molecule has 1 aromatic carbocycles. The van der Waals surface area contributed by atoms with E-state index in [9.17, 15) is 0 Å². The molecule has 1 saturated heterocycles. The highest BCUT2D eigenvalue weighted by molar-refractivity contribution is 5.49. The minimum absolute atomic E-state index is 0.846. The number of piperidine rings is 1. The summed E-state index contributed by atoms with van der Waals surface area (Å²) in [5.41, 5.74) is 1.39. The van der Waals surface area contributed by atoms with Crippen molar-refractivity contribution in [1.29, 1.82) is 0 Å². The maximum absolute atomic E-state index is 4.61. The van der Waals surface area contributed by atoms with Crippen molar-refractivity contribution in [2.75, 3.05) is 29.9 Å². The van der Waals surface area contributed by atoms with Crippen molar-refractivity contribution in [1.82, 2.24) is 9.97 Å². The van der Waals surface area contributed by atoms with Crippen molar-refractivity contribution in [2.24, 2.45) is 0 Å². The van der Waals surface area contributed by atoms with Crippen LogP contribution < -0.4 is 10.2 Å².